The van der Waals surface area contributed by atoms with Crippen LogP contribution in [0.2, 0.25) is 0 Å². The average Bonchev–Trinajstić information content (AvgIpc) is 2.47. The quantitative estimate of drug-likeness (QED) is 0.585. The summed E-state index contributed by atoms with van der Waals surface area (Å²) in [5.41, 5.74) is 1.14. The number of nitrogens with zero attached hydrogens (tertiary/aromatic N) is 1. The van der Waals surface area contributed by atoms with E-state index in [9.17, 15) is 4.79 Å². The number of anilines is 1. The summed E-state index contributed by atoms with van der Waals surface area (Å²) in [5, 5.41) is 6.41. The van der Waals surface area contributed by atoms with Crippen molar-refractivity contribution in [3.63, 3.8) is 0 Å². The van der Waals surface area contributed by atoms with Gasteiger partial charge in [0.25, 0.3) is 0 Å². The molecule has 1 N–H and O–H groups in total. The summed E-state index contributed by atoms with van der Waals surface area (Å²) in [7, 11) is 1.45. The molecule has 1 aromatic rings. The van der Waals surface area contributed by atoms with Gasteiger partial charge in [0, 0.05) is 17.3 Å². The summed E-state index contributed by atoms with van der Waals surface area (Å²) in [6.07, 6.45) is 0.742. The zero-order valence-corrected chi connectivity index (χ0v) is 14.2. The second-order valence-electron chi connectivity index (χ2n) is 4.75. The summed E-state index contributed by atoms with van der Waals surface area (Å²) >= 11 is 0. The Hall–Kier alpha value is -2.44. The smallest absolute Gasteiger partial charge is 0.411 e. The molecule has 1 rings (SSSR count). The first-order chi connectivity index (χ1) is 11.0. The third-order valence-electron chi connectivity index (χ3n) is 2.56. The molecule has 0 saturated heterocycles. The molecule has 23 heavy (non-hydrogen) atoms. The fraction of sp³-hybridized carbons (Fsp3) is 0.500. The number of benzene rings is 1. The van der Waals surface area contributed by atoms with Gasteiger partial charge in [0.2, 0.25) is 0 Å². The van der Waals surface area contributed by atoms with E-state index in [4.69, 9.17) is 19.0 Å². The highest BCUT2D eigenvalue weighted by atomic mass is 16.6. The molecule has 0 fully saturated rings. The Bertz CT molecular complexity index is 544. The first-order valence-corrected chi connectivity index (χ1v) is 7.49. The average molecular weight is 324 g/mol. The Morgan fingerprint density at radius 2 is 1.96 bits per heavy atom. The highest BCUT2D eigenvalue weighted by Crippen LogP contribution is 2.34. The molecule has 7 heteroatoms. The summed E-state index contributed by atoms with van der Waals surface area (Å²) in [5.74, 6) is 1.05. The van der Waals surface area contributed by atoms with Crippen LogP contribution in [0.5, 0.6) is 11.5 Å². The summed E-state index contributed by atoms with van der Waals surface area (Å²) < 4.78 is 16.3. The molecular weight excluding hydrogens is 300 g/mol. The lowest BCUT2D eigenvalue weighted by molar-refractivity contribution is 0.130. The SMILES string of the molecule is CCOc1cc(NC(=O)OC(C)C)cc(C=NOC)c1OCC. The van der Waals surface area contributed by atoms with Crippen LogP contribution in [-0.4, -0.2) is 38.7 Å². The largest absolute Gasteiger partial charge is 0.490 e. The van der Waals surface area contributed by atoms with E-state index in [-0.39, 0.29) is 6.10 Å². The van der Waals surface area contributed by atoms with Crippen LogP contribution in [0.4, 0.5) is 10.5 Å². The second kappa shape index (κ2) is 9.55. The molecule has 128 valence electrons. The van der Waals surface area contributed by atoms with Crippen molar-refractivity contribution < 1.29 is 23.8 Å². The molecule has 0 bridgehead atoms. The van der Waals surface area contributed by atoms with Crippen molar-refractivity contribution in [2.75, 3.05) is 25.6 Å². The normalized spacial score (nSPS) is 10.7. The van der Waals surface area contributed by atoms with Crippen molar-refractivity contribution >= 4 is 18.0 Å². The maximum atomic E-state index is 11.8. The van der Waals surface area contributed by atoms with Crippen LogP contribution in [0.1, 0.15) is 33.3 Å². The van der Waals surface area contributed by atoms with E-state index in [0.717, 1.165) is 0 Å². The molecule has 0 aliphatic heterocycles. The van der Waals surface area contributed by atoms with Crippen LogP contribution in [-0.2, 0) is 9.57 Å². The number of carbonyl (C=O) groups excluding carboxylic acids is 1. The first-order valence-electron chi connectivity index (χ1n) is 7.49. The summed E-state index contributed by atoms with van der Waals surface area (Å²) in [4.78, 5) is 16.5. The number of oxime groups is 1. The number of rotatable bonds is 8. The van der Waals surface area contributed by atoms with E-state index in [2.05, 4.69) is 10.5 Å². The van der Waals surface area contributed by atoms with Gasteiger partial charge in [0.15, 0.2) is 11.5 Å². The van der Waals surface area contributed by atoms with Crippen molar-refractivity contribution in [3.8, 4) is 11.5 Å². The molecule has 0 aromatic heterocycles. The lowest BCUT2D eigenvalue weighted by Gasteiger charge is -2.16. The highest BCUT2D eigenvalue weighted by molar-refractivity contribution is 5.91. The van der Waals surface area contributed by atoms with Crippen LogP contribution >= 0.6 is 0 Å². The van der Waals surface area contributed by atoms with E-state index in [1.807, 2.05) is 13.8 Å². The fourth-order valence-corrected chi connectivity index (χ4v) is 1.82. The lowest BCUT2D eigenvalue weighted by atomic mass is 10.1. The minimum absolute atomic E-state index is 0.210. The minimum atomic E-state index is -0.541. The first kappa shape index (κ1) is 18.6. The molecule has 0 spiro atoms. The van der Waals surface area contributed by atoms with Gasteiger partial charge in [-0.2, -0.15) is 0 Å². The van der Waals surface area contributed by atoms with Gasteiger partial charge in [-0.05, 0) is 33.8 Å². The molecule has 0 heterocycles. The zero-order chi connectivity index (χ0) is 17.2. The van der Waals surface area contributed by atoms with Crippen LogP contribution in [0.15, 0.2) is 17.3 Å². The maximum absolute atomic E-state index is 11.8. The Morgan fingerprint density at radius 3 is 2.52 bits per heavy atom. The van der Waals surface area contributed by atoms with Gasteiger partial charge in [0.05, 0.1) is 25.5 Å². The Balaban J connectivity index is 3.18. The second-order valence-corrected chi connectivity index (χ2v) is 4.75. The van der Waals surface area contributed by atoms with E-state index in [0.29, 0.717) is 36.0 Å². The third kappa shape index (κ3) is 6.06. The minimum Gasteiger partial charge on any atom is -0.490 e. The Morgan fingerprint density at radius 1 is 1.26 bits per heavy atom. The number of ether oxygens (including phenoxy) is 3. The Labute approximate surface area is 136 Å². The monoisotopic (exact) mass is 324 g/mol. The van der Waals surface area contributed by atoms with Crippen molar-refractivity contribution in [1.29, 1.82) is 0 Å². The molecule has 7 nitrogen and oxygen atoms in total. The van der Waals surface area contributed by atoms with Gasteiger partial charge in [-0.3, -0.25) is 5.32 Å². The van der Waals surface area contributed by atoms with Crippen LogP contribution < -0.4 is 14.8 Å². The van der Waals surface area contributed by atoms with Gasteiger partial charge in [-0.15, -0.1) is 0 Å². The van der Waals surface area contributed by atoms with Crippen LogP contribution in [0, 0.1) is 0 Å². The van der Waals surface area contributed by atoms with Crippen molar-refractivity contribution in [3.05, 3.63) is 17.7 Å². The molecule has 0 aliphatic rings. The molecule has 0 atom stereocenters. The fourth-order valence-electron chi connectivity index (χ4n) is 1.82. The highest BCUT2D eigenvalue weighted by Gasteiger charge is 2.15. The lowest BCUT2D eigenvalue weighted by Crippen LogP contribution is -2.18. The molecule has 0 saturated carbocycles. The third-order valence-corrected chi connectivity index (χ3v) is 2.56. The van der Waals surface area contributed by atoms with Crippen molar-refractivity contribution in [2.24, 2.45) is 5.16 Å². The van der Waals surface area contributed by atoms with Crippen LogP contribution in [0.3, 0.4) is 0 Å². The molecular formula is C16H24N2O5. The molecule has 0 aliphatic carbocycles. The van der Waals surface area contributed by atoms with Gasteiger partial charge < -0.3 is 19.0 Å². The van der Waals surface area contributed by atoms with Crippen molar-refractivity contribution in [2.45, 2.75) is 33.8 Å². The molecule has 1 amide bonds. The van der Waals surface area contributed by atoms with E-state index < -0.39 is 6.09 Å². The zero-order valence-electron chi connectivity index (χ0n) is 14.2. The van der Waals surface area contributed by atoms with Gasteiger partial charge in [0.1, 0.15) is 7.11 Å². The predicted octanol–water partition coefficient (Wildman–Crippen LogP) is 3.42. The summed E-state index contributed by atoms with van der Waals surface area (Å²) in [6.45, 7) is 8.22. The van der Waals surface area contributed by atoms with Gasteiger partial charge in [-0.25, -0.2) is 4.79 Å². The van der Waals surface area contributed by atoms with Crippen LogP contribution in [0.25, 0.3) is 0 Å². The maximum Gasteiger partial charge on any atom is 0.411 e. The molecule has 0 unspecified atom stereocenters. The van der Waals surface area contributed by atoms with E-state index >= 15 is 0 Å². The number of carbonyl (C=O) groups is 1. The molecule has 0 radical (unpaired) electrons. The Kier molecular flexibility index (Phi) is 7.73. The predicted molar refractivity (Wildman–Crippen MR) is 88.6 cm³/mol. The molecule has 1 aromatic carbocycles. The van der Waals surface area contributed by atoms with E-state index in [1.165, 1.54) is 13.3 Å². The van der Waals surface area contributed by atoms with Gasteiger partial charge in [-0.1, -0.05) is 5.16 Å². The number of hydrogen-bond donors (Lipinski definition) is 1. The topological polar surface area (TPSA) is 78.4 Å². The standard InChI is InChI=1S/C16H24N2O5/c1-6-21-14-9-13(18-16(19)23-11(3)4)8-12(10-17-20-5)15(14)22-7-2/h8-11H,6-7H2,1-5H3,(H,18,19). The number of nitrogens with one attached hydrogen (secondary N) is 1. The van der Waals surface area contributed by atoms with Crippen molar-refractivity contribution in [1.82, 2.24) is 0 Å². The van der Waals surface area contributed by atoms with E-state index in [1.54, 1.807) is 26.0 Å². The number of amides is 1. The summed E-state index contributed by atoms with van der Waals surface area (Å²) in [6, 6.07) is 3.39. The van der Waals surface area contributed by atoms with Gasteiger partial charge >= 0.3 is 6.09 Å². The number of hydrogen-bond acceptors (Lipinski definition) is 6.